The van der Waals surface area contributed by atoms with E-state index in [1.54, 1.807) is 17.4 Å². The van der Waals surface area contributed by atoms with Gasteiger partial charge in [0.1, 0.15) is 5.76 Å². The van der Waals surface area contributed by atoms with Crippen molar-refractivity contribution in [3.05, 3.63) is 66.1 Å². The maximum atomic E-state index is 12.6. The lowest BCUT2D eigenvalue weighted by Crippen LogP contribution is -2.41. The highest BCUT2D eigenvalue weighted by molar-refractivity contribution is 7.23. The molecule has 10 nitrogen and oxygen atoms in total. The molecule has 0 radical (unpaired) electrons. The Bertz CT molecular complexity index is 1690. The molecule has 3 aromatic heterocycles. The lowest BCUT2D eigenvalue weighted by Gasteiger charge is -2.26. The molecule has 0 bridgehead atoms. The molecule has 0 aliphatic carbocycles. The number of hydrogen-bond acceptors (Lipinski definition) is 7. The monoisotopic (exact) mass is 558 g/mol. The first-order chi connectivity index (χ1) is 19.2. The molecule has 11 heteroatoms. The van der Waals surface area contributed by atoms with Crippen molar-refractivity contribution in [2.75, 3.05) is 36.9 Å². The largest absolute Gasteiger partial charge is 0.378 e. The highest BCUT2D eigenvalue weighted by atomic mass is 32.1. The second-order valence-electron chi connectivity index (χ2n) is 10.8. The van der Waals surface area contributed by atoms with Crippen molar-refractivity contribution < 1.29 is 18.8 Å². The predicted molar refractivity (Wildman–Crippen MR) is 155 cm³/mol. The van der Waals surface area contributed by atoms with Gasteiger partial charge in [0.25, 0.3) is 0 Å². The maximum Gasteiger partial charge on any atom is 0.324 e. The lowest BCUT2D eigenvalue weighted by molar-refractivity contribution is -0.134. The van der Waals surface area contributed by atoms with Crippen LogP contribution in [0.4, 0.5) is 16.3 Å². The summed E-state index contributed by atoms with van der Waals surface area (Å²) in [5.41, 5.74) is 4.28. The third kappa shape index (κ3) is 5.43. The number of ether oxygens (including phenoxy) is 1. The van der Waals surface area contributed by atoms with Gasteiger partial charge in [0.15, 0.2) is 10.8 Å². The summed E-state index contributed by atoms with van der Waals surface area (Å²) in [6, 6.07) is 15.0. The number of nitrogens with one attached hydrogen (secondary N) is 2. The number of carbonyl (C=O) groups excluding carboxylic acids is 2. The number of hydrogen-bond donors (Lipinski definition) is 2. The summed E-state index contributed by atoms with van der Waals surface area (Å²) < 4.78 is 13.8. The number of urea groups is 1. The molecule has 6 rings (SSSR count). The normalized spacial score (nSPS) is 14.1. The molecular weight excluding hydrogens is 528 g/mol. The Kier molecular flexibility index (Phi) is 6.77. The third-order valence-corrected chi connectivity index (χ3v) is 7.82. The zero-order chi connectivity index (χ0) is 27.9. The molecule has 2 aromatic carbocycles. The van der Waals surface area contributed by atoms with Crippen molar-refractivity contribution in [2.24, 2.45) is 0 Å². The molecule has 0 spiro atoms. The fourth-order valence-electron chi connectivity index (χ4n) is 4.58. The summed E-state index contributed by atoms with van der Waals surface area (Å²) in [4.78, 5) is 32.6. The van der Waals surface area contributed by atoms with Gasteiger partial charge < -0.3 is 19.5 Å². The number of benzene rings is 2. The first-order valence-electron chi connectivity index (χ1n) is 13.1. The van der Waals surface area contributed by atoms with Crippen LogP contribution in [0.5, 0.6) is 0 Å². The van der Waals surface area contributed by atoms with Gasteiger partial charge in [-0.1, -0.05) is 55.5 Å². The van der Waals surface area contributed by atoms with E-state index in [0.29, 0.717) is 50.0 Å². The van der Waals surface area contributed by atoms with E-state index in [1.165, 1.54) is 0 Å². The van der Waals surface area contributed by atoms with E-state index in [4.69, 9.17) is 14.2 Å². The smallest absolute Gasteiger partial charge is 0.324 e. The molecule has 0 atom stereocenters. The van der Waals surface area contributed by atoms with Gasteiger partial charge in [-0.05, 0) is 29.8 Å². The minimum absolute atomic E-state index is 0.134. The molecule has 3 amide bonds. The van der Waals surface area contributed by atoms with Crippen LogP contribution in [-0.2, 0) is 21.4 Å². The maximum absolute atomic E-state index is 12.6. The fraction of sp³-hybridized carbons (Fsp3) is 0.310. The summed E-state index contributed by atoms with van der Waals surface area (Å²) in [7, 11) is 0. The van der Waals surface area contributed by atoms with E-state index in [-0.39, 0.29) is 11.3 Å². The molecule has 0 saturated carbocycles. The minimum atomic E-state index is -0.401. The third-order valence-electron chi connectivity index (χ3n) is 6.81. The molecule has 0 unspecified atom stereocenters. The average molecular weight is 559 g/mol. The van der Waals surface area contributed by atoms with Crippen LogP contribution >= 0.6 is 11.3 Å². The van der Waals surface area contributed by atoms with E-state index < -0.39 is 6.03 Å². The van der Waals surface area contributed by atoms with E-state index in [9.17, 15) is 9.59 Å². The van der Waals surface area contributed by atoms with E-state index in [2.05, 4.69) is 32.3 Å². The Balaban J connectivity index is 1.12. The number of imidazole rings is 1. The van der Waals surface area contributed by atoms with Gasteiger partial charge in [0, 0.05) is 42.0 Å². The second kappa shape index (κ2) is 10.4. The van der Waals surface area contributed by atoms with Crippen molar-refractivity contribution in [1.82, 2.24) is 19.4 Å². The number of thiazole rings is 1. The molecule has 206 valence electrons. The Morgan fingerprint density at radius 3 is 2.52 bits per heavy atom. The molecule has 4 heterocycles. The van der Waals surface area contributed by atoms with Crippen molar-refractivity contribution in [3.8, 4) is 11.3 Å². The van der Waals surface area contributed by atoms with E-state index >= 15 is 0 Å². The van der Waals surface area contributed by atoms with Crippen molar-refractivity contribution in [1.29, 1.82) is 0 Å². The quantitative estimate of drug-likeness (QED) is 0.293. The number of aromatic nitrogens is 3. The molecule has 1 saturated heterocycles. The second-order valence-corrected chi connectivity index (χ2v) is 11.8. The molecule has 1 fully saturated rings. The molecule has 40 heavy (non-hydrogen) atoms. The summed E-state index contributed by atoms with van der Waals surface area (Å²) >= 11 is 1.60. The Morgan fingerprint density at radius 1 is 1.02 bits per heavy atom. The summed E-state index contributed by atoms with van der Waals surface area (Å²) in [6.07, 6.45) is 2.40. The molecule has 2 N–H and O–H groups in total. The predicted octanol–water partition coefficient (Wildman–Crippen LogP) is 5.55. The average Bonchev–Trinajstić information content (AvgIpc) is 3.64. The number of morpholine rings is 1. The van der Waals surface area contributed by atoms with Crippen molar-refractivity contribution >= 4 is 50.0 Å². The first kappa shape index (κ1) is 26.0. The number of anilines is 2. The first-order valence-corrected chi connectivity index (χ1v) is 14.0. The highest BCUT2D eigenvalue weighted by Crippen LogP contribution is 2.31. The van der Waals surface area contributed by atoms with Gasteiger partial charge in [0.05, 0.1) is 35.5 Å². The van der Waals surface area contributed by atoms with Gasteiger partial charge in [-0.2, -0.15) is 0 Å². The van der Waals surface area contributed by atoms with Crippen LogP contribution < -0.4 is 10.6 Å². The van der Waals surface area contributed by atoms with Crippen LogP contribution in [-0.4, -0.2) is 57.7 Å². The summed E-state index contributed by atoms with van der Waals surface area (Å²) in [6.45, 7) is 8.55. The topological polar surface area (TPSA) is 114 Å². The molecule has 1 aliphatic rings. The van der Waals surface area contributed by atoms with E-state index in [1.807, 2.05) is 62.2 Å². The molecule has 5 aromatic rings. The molecular formula is C29H30N6O4S. The Labute approximate surface area is 234 Å². The Hall–Kier alpha value is -4.22. The van der Waals surface area contributed by atoms with Gasteiger partial charge in [-0.25, -0.2) is 9.78 Å². The summed E-state index contributed by atoms with van der Waals surface area (Å²) in [5.74, 6) is 1.19. The van der Waals surface area contributed by atoms with Crippen LogP contribution in [0.15, 0.2) is 59.3 Å². The van der Waals surface area contributed by atoms with Gasteiger partial charge in [0.2, 0.25) is 5.91 Å². The number of nitrogens with zero attached hydrogens (tertiary/aromatic N) is 4. The van der Waals surface area contributed by atoms with E-state index in [0.717, 1.165) is 32.0 Å². The van der Waals surface area contributed by atoms with Crippen LogP contribution in [0, 0.1) is 0 Å². The zero-order valence-corrected chi connectivity index (χ0v) is 23.4. The highest BCUT2D eigenvalue weighted by Gasteiger charge is 2.21. The van der Waals surface area contributed by atoms with Crippen LogP contribution in [0.3, 0.4) is 0 Å². The Morgan fingerprint density at radius 2 is 1.80 bits per heavy atom. The van der Waals surface area contributed by atoms with Gasteiger partial charge >= 0.3 is 6.03 Å². The SMILES string of the molecule is CC(C)(C)c1cc(NC(=O)Nc2ccc(-c3cn4c(n3)sc3cc(CC(=O)N5CCOCC5)ccc34)cc2)no1. The zero-order valence-electron chi connectivity index (χ0n) is 22.6. The van der Waals surface area contributed by atoms with Crippen molar-refractivity contribution in [3.63, 3.8) is 0 Å². The van der Waals surface area contributed by atoms with Gasteiger partial charge in [-0.3, -0.25) is 14.5 Å². The molecule has 1 aliphatic heterocycles. The lowest BCUT2D eigenvalue weighted by atomic mass is 9.93. The van der Waals surface area contributed by atoms with Gasteiger partial charge in [-0.15, -0.1) is 0 Å². The van der Waals surface area contributed by atoms with Crippen LogP contribution in [0.2, 0.25) is 0 Å². The standard InChI is InChI=1S/C29H30N6O4S/c1-29(2,3)24-16-25(33-39-24)32-27(37)30-20-7-5-19(6-8-20)21-17-35-22-9-4-18(14-23(22)40-28(35)31-21)15-26(36)34-10-12-38-13-11-34/h4-9,14,16-17H,10-13,15H2,1-3H3,(H2,30,32,33,37). The number of fused-ring (bicyclic) bond motifs is 3. The summed E-state index contributed by atoms with van der Waals surface area (Å²) in [5, 5.41) is 9.42. The number of rotatable bonds is 5. The number of amides is 3. The van der Waals surface area contributed by atoms with Crippen LogP contribution in [0.1, 0.15) is 32.1 Å². The van der Waals surface area contributed by atoms with Crippen LogP contribution in [0.25, 0.3) is 26.4 Å². The minimum Gasteiger partial charge on any atom is -0.378 e. The number of carbonyl (C=O) groups is 2. The fourth-order valence-corrected chi connectivity index (χ4v) is 5.66. The van der Waals surface area contributed by atoms with Crippen molar-refractivity contribution in [2.45, 2.75) is 32.6 Å².